The van der Waals surface area contributed by atoms with Crippen LogP contribution in [-0.2, 0) is 14.3 Å². The molecule has 0 spiro atoms. The van der Waals surface area contributed by atoms with Gasteiger partial charge in [0.2, 0.25) is 5.91 Å². The lowest BCUT2D eigenvalue weighted by Crippen LogP contribution is -2.45. The standard InChI is InChI=1S/C80H155NO5/c1-3-5-7-9-11-13-15-17-19-21-23-24-30-33-37-40-44-48-52-56-60-64-68-72-78(83)77(76-82)81-79(84)73-69-65-61-57-53-49-45-41-38-34-31-28-26-25-27-29-32-35-39-43-47-51-55-59-63-67-71-75-86-80(85)74-70-66-62-58-54-50-46-42-36-22-20-18-16-14-12-10-8-6-4-2/h25-26,29,32,77-78,82-83H,3-24,27-28,30-31,33-76H2,1-2H3,(H,81,84)/b26-25-,32-29-. The zero-order chi connectivity index (χ0) is 62.0. The van der Waals surface area contributed by atoms with Gasteiger partial charge in [0.15, 0.2) is 0 Å². The second kappa shape index (κ2) is 75.8. The number of ether oxygens (including phenoxy) is 1. The topological polar surface area (TPSA) is 95.9 Å². The van der Waals surface area contributed by atoms with E-state index in [4.69, 9.17) is 4.74 Å². The van der Waals surface area contributed by atoms with Crippen LogP contribution in [-0.4, -0.2) is 47.4 Å². The number of carbonyl (C=O) groups excluding carboxylic acids is 2. The van der Waals surface area contributed by atoms with Crippen molar-refractivity contribution in [2.75, 3.05) is 13.2 Å². The maximum absolute atomic E-state index is 12.6. The highest BCUT2D eigenvalue weighted by atomic mass is 16.5. The van der Waals surface area contributed by atoms with Gasteiger partial charge >= 0.3 is 5.97 Å². The molecular weight excluding hydrogens is 1050 g/mol. The molecule has 0 rings (SSSR count). The lowest BCUT2D eigenvalue weighted by atomic mass is 10.0. The quantitative estimate of drug-likeness (QED) is 0.0320. The summed E-state index contributed by atoms with van der Waals surface area (Å²) in [5.41, 5.74) is 0. The van der Waals surface area contributed by atoms with Crippen molar-refractivity contribution < 1.29 is 24.5 Å². The van der Waals surface area contributed by atoms with Gasteiger partial charge in [0.25, 0.3) is 0 Å². The molecule has 6 heteroatoms. The van der Waals surface area contributed by atoms with Crippen LogP contribution < -0.4 is 5.32 Å². The van der Waals surface area contributed by atoms with Crippen LogP contribution >= 0.6 is 0 Å². The van der Waals surface area contributed by atoms with Crippen molar-refractivity contribution >= 4 is 11.9 Å². The van der Waals surface area contributed by atoms with Crippen LogP contribution in [0.1, 0.15) is 450 Å². The molecule has 86 heavy (non-hydrogen) atoms. The zero-order valence-electron chi connectivity index (χ0n) is 58.6. The molecule has 0 radical (unpaired) electrons. The van der Waals surface area contributed by atoms with E-state index in [0.29, 0.717) is 25.9 Å². The number of aliphatic hydroxyl groups excluding tert-OH is 2. The number of amides is 1. The minimum absolute atomic E-state index is 0.0167. The van der Waals surface area contributed by atoms with E-state index in [0.717, 1.165) is 44.9 Å². The summed E-state index contributed by atoms with van der Waals surface area (Å²) in [5.74, 6) is -0.0161. The molecule has 6 nitrogen and oxygen atoms in total. The van der Waals surface area contributed by atoms with Crippen LogP contribution in [0.4, 0.5) is 0 Å². The van der Waals surface area contributed by atoms with E-state index >= 15 is 0 Å². The Kier molecular flexibility index (Phi) is 74.3. The Labute approximate surface area is 539 Å². The smallest absolute Gasteiger partial charge is 0.305 e. The lowest BCUT2D eigenvalue weighted by Gasteiger charge is -2.22. The van der Waals surface area contributed by atoms with Crippen molar-refractivity contribution in [2.45, 2.75) is 463 Å². The van der Waals surface area contributed by atoms with E-state index in [2.05, 4.69) is 43.5 Å². The van der Waals surface area contributed by atoms with Crippen LogP contribution in [0, 0.1) is 0 Å². The largest absolute Gasteiger partial charge is 0.466 e. The predicted octanol–water partition coefficient (Wildman–Crippen LogP) is 26.0. The van der Waals surface area contributed by atoms with Gasteiger partial charge in [-0.3, -0.25) is 9.59 Å². The first kappa shape index (κ1) is 84.3. The van der Waals surface area contributed by atoms with E-state index in [9.17, 15) is 19.8 Å². The minimum Gasteiger partial charge on any atom is -0.466 e. The third-order valence-electron chi connectivity index (χ3n) is 18.8. The van der Waals surface area contributed by atoms with Crippen LogP contribution in [0.2, 0.25) is 0 Å². The summed E-state index contributed by atoms with van der Waals surface area (Å²) in [4.78, 5) is 24.7. The van der Waals surface area contributed by atoms with Gasteiger partial charge in [-0.25, -0.2) is 0 Å². The van der Waals surface area contributed by atoms with Crippen molar-refractivity contribution in [1.82, 2.24) is 5.32 Å². The van der Waals surface area contributed by atoms with E-state index in [-0.39, 0.29) is 18.5 Å². The molecule has 0 aromatic carbocycles. The molecule has 3 N–H and O–H groups in total. The van der Waals surface area contributed by atoms with Crippen molar-refractivity contribution in [1.29, 1.82) is 0 Å². The number of nitrogens with one attached hydrogen (secondary N) is 1. The van der Waals surface area contributed by atoms with E-state index in [1.54, 1.807) is 0 Å². The maximum atomic E-state index is 12.6. The average molecular weight is 1210 g/mol. The van der Waals surface area contributed by atoms with Gasteiger partial charge in [-0.05, 0) is 57.8 Å². The average Bonchev–Trinajstić information content (AvgIpc) is 3.54. The van der Waals surface area contributed by atoms with Gasteiger partial charge in [0, 0.05) is 12.8 Å². The van der Waals surface area contributed by atoms with Crippen LogP contribution in [0.3, 0.4) is 0 Å². The fourth-order valence-electron chi connectivity index (χ4n) is 12.7. The normalized spacial score (nSPS) is 12.6. The maximum Gasteiger partial charge on any atom is 0.305 e. The first-order valence-corrected chi connectivity index (χ1v) is 39.6. The van der Waals surface area contributed by atoms with E-state index in [1.807, 2.05) is 0 Å². The van der Waals surface area contributed by atoms with Crippen molar-refractivity contribution in [3.63, 3.8) is 0 Å². The molecule has 0 aliphatic carbocycles. The molecule has 0 saturated heterocycles. The first-order chi connectivity index (χ1) is 42.5. The Hall–Kier alpha value is -1.66. The highest BCUT2D eigenvalue weighted by molar-refractivity contribution is 5.76. The summed E-state index contributed by atoms with van der Waals surface area (Å²) in [5, 5.41) is 23.5. The van der Waals surface area contributed by atoms with Gasteiger partial charge < -0.3 is 20.3 Å². The monoisotopic (exact) mass is 1210 g/mol. The van der Waals surface area contributed by atoms with Crippen LogP contribution in [0.25, 0.3) is 0 Å². The third-order valence-corrected chi connectivity index (χ3v) is 18.8. The van der Waals surface area contributed by atoms with E-state index in [1.165, 1.54) is 372 Å². The summed E-state index contributed by atoms with van der Waals surface area (Å²) < 4.78 is 5.51. The molecule has 0 saturated carbocycles. The molecule has 0 aromatic rings. The lowest BCUT2D eigenvalue weighted by molar-refractivity contribution is -0.143. The number of esters is 1. The van der Waals surface area contributed by atoms with Gasteiger partial charge in [-0.2, -0.15) is 0 Å². The number of hydrogen-bond donors (Lipinski definition) is 3. The number of aliphatic hydroxyl groups is 2. The minimum atomic E-state index is -0.668. The highest BCUT2D eigenvalue weighted by Gasteiger charge is 2.20. The molecule has 1 amide bonds. The van der Waals surface area contributed by atoms with E-state index < -0.39 is 12.1 Å². The predicted molar refractivity (Wildman–Crippen MR) is 380 cm³/mol. The number of unbranched alkanes of at least 4 members (excludes halogenated alkanes) is 60. The van der Waals surface area contributed by atoms with Crippen LogP contribution in [0.15, 0.2) is 24.3 Å². The fourth-order valence-corrected chi connectivity index (χ4v) is 12.7. The van der Waals surface area contributed by atoms with Crippen molar-refractivity contribution in [2.24, 2.45) is 0 Å². The van der Waals surface area contributed by atoms with Crippen LogP contribution in [0.5, 0.6) is 0 Å². The summed E-state index contributed by atoms with van der Waals surface area (Å²) in [7, 11) is 0. The second-order valence-electron chi connectivity index (χ2n) is 27.4. The molecule has 2 unspecified atom stereocenters. The van der Waals surface area contributed by atoms with Crippen molar-refractivity contribution in [3.8, 4) is 0 Å². The number of rotatable bonds is 75. The molecule has 0 bridgehead atoms. The first-order valence-electron chi connectivity index (χ1n) is 39.6. The second-order valence-corrected chi connectivity index (χ2v) is 27.4. The Morgan fingerprint density at radius 2 is 0.581 bits per heavy atom. The summed E-state index contributed by atoms with van der Waals surface area (Å²) in [6, 6.07) is -0.545. The Balaban J connectivity index is 3.39. The third kappa shape index (κ3) is 71.4. The molecule has 0 aliphatic rings. The molecule has 2 atom stereocenters. The van der Waals surface area contributed by atoms with Gasteiger partial charge in [-0.15, -0.1) is 0 Å². The molecule has 0 aromatic heterocycles. The SMILES string of the molecule is CCCCCCCCCCCCCCCCCCCCCCCCCC(O)C(CO)NC(=O)CCCCCCCCCCCCC/C=C\C/C=C\CCCCCCCCCCCOC(=O)CCCCCCCCCCCCCCCCCCCCC. The molecule has 0 fully saturated rings. The summed E-state index contributed by atoms with van der Waals surface area (Å²) in [6.45, 7) is 5.01. The van der Waals surface area contributed by atoms with Gasteiger partial charge in [0.1, 0.15) is 0 Å². The fraction of sp³-hybridized carbons (Fsp3) is 0.925. The van der Waals surface area contributed by atoms with Gasteiger partial charge in [0.05, 0.1) is 25.4 Å². The van der Waals surface area contributed by atoms with Crippen molar-refractivity contribution in [3.05, 3.63) is 24.3 Å². The Morgan fingerprint density at radius 1 is 0.326 bits per heavy atom. The molecule has 510 valence electrons. The molecule has 0 aliphatic heterocycles. The van der Waals surface area contributed by atoms with Gasteiger partial charge in [-0.1, -0.05) is 404 Å². The summed E-state index contributed by atoms with van der Waals surface area (Å²) >= 11 is 0. The number of carbonyl (C=O) groups is 2. The highest BCUT2D eigenvalue weighted by Crippen LogP contribution is 2.20. The molecular formula is C80H155NO5. The number of hydrogen-bond acceptors (Lipinski definition) is 5. The summed E-state index contributed by atoms with van der Waals surface area (Å²) in [6.07, 6.45) is 96.9. The Morgan fingerprint density at radius 3 is 0.884 bits per heavy atom. The zero-order valence-corrected chi connectivity index (χ0v) is 58.6. The molecule has 0 heterocycles. The number of allylic oxidation sites excluding steroid dienone is 4. The Bertz CT molecular complexity index is 1350.